The number of aryl methyl sites for hydroxylation is 3. The Hall–Kier alpha value is -1.45. The number of hydrogen-bond donors (Lipinski definition) is 0. The monoisotopic (exact) mass is 713 g/mol. The number of quaternary nitrogens is 1. The third kappa shape index (κ3) is 12.4. The molecule has 0 saturated heterocycles. The number of rotatable bonds is 20. The Morgan fingerprint density at radius 1 is 0.438 bits per heavy atom. The van der Waals surface area contributed by atoms with Crippen molar-refractivity contribution in [3.8, 4) is 0 Å². The number of hydrogen-bond acceptors (Lipinski definition) is 0. The Balaban J connectivity index is 0.000000401. The molecule has 0 radical (unpaired) electrons. The van der Waals surface area contributed by atoms with Gasteiger partial charge in [0, 0.05) is 15.1 Å². The summed E-state index contributed by atoms with van der Waals surface area (Å²) in [5.41, 5.74) is 6.99. The molecule has 3 aromatic carbocycles. The molecular weight excluding hydrogens is 648 g/mol. The highest BCUT2D eigenvalue weighted by atomic mass is 35.5. The van der Waals surface area contributed by atoms with Gasteiger partial charge in [0.15, 0.2) is 0 Å². The molecule has 0 saturated carbocycles. The second-order valence-corrected chi connectivity index (χ2v) is 15.8. The summed E-state index contributed by atoms with van der Waals surface area (Å²) < 4.78 is 1.42. The van der Waals surface area contributed by atoms with Crippen LogP contribution in [0.1, 0.15) is 128 Å². The van der Waals surface area contributed by atoms with E-state index in [9.17, 15) is 0 Å². The van der Waals surface area contributed by atoms with Gasteiger partial charge in [0.2, 0.25) is 0 Å². The lowest BCUT2D eigenvalue weighted by atomic mass is 9.14. The summed E-state index contributed by atoms with van der Waals surface area (Å²) in [5.74, 6) is 0. The minimum Gasteiger partial charge on any atom is -0.324 e. The first-order chi connectivity index (χ1) is 23.0. The smallest absolute Gasteiger partial charge is 0.0816 e. The Bertz CT molecular complexity index is 1190. The van der Waals surface area contributed by atoms with Crippen molar-refractivity contribution < 1.29 is 4.48 Å². The second kappa shape index (κ2) is 22.4. The maximum absolute atomic E-state index is 6.65. The summed E-state index contributed by atoms with van der Waals surface area (Å²) >= 11 is 19.9. The maximum atomic E-state index is 6.65. The first-order valence-corrected chi connectivity index (χ1v) is 20.5. The molecule has 3 rings (SSSR count). The third-order valence-electron chi connectivity index (χ3n) is 10.7. The van der Waals surface area contributed by atoms with Crippen molar-refractivity contribution in [2.45, 2.75) is 139 Å². The fourth-order valence-corrected chi connectivity index (χ4v) is 7.91. The van der Waals surface area contributed by atoms with Crippen LogP contribution in [0.15, 0.2) is 54.6 Å². The zero-order valence-electron chi connectivity index (χ0n) is 31.9. The van der Waals surface area contributed by atoms with Gasteiger partial charge in [-0.05, 0) is 63.1 Å². The SMILES string of the molecule is CCCCCC[B-](c1ccc(C)c(Cl)c1)(c1ccc(C)c(Cl)c1)c1ccc(C)c(Cl)c1.CCCC[N+](CCCC)(CCCC)CCCC. The van der Waals surface area contributed by atoms with Crippen molar-refractivity contribution in [3.05, 3.63) is 86.4 Å². The molecule has 1 nitrogen and oxygen atoms in total. The summed E-state index contributed by atoms with van der Waals surface area (Å²) in [6.45, 7) is 23.4. The normalized spacial score (nSPS) is 11.8. The first-order valence-electron chi connectivity index (χ1n) is 19.4. The number of halogens is 3. The van der Waals surface area contributed by atoms with Crippen LogP contribution in [-0.4, -0.2) is 36.8 Å². The molecule has 0 aliphatic heterocycles. The number of nitrogens with zero attached hydrogens (tertiary/aromatic N) is 1. The van der Waals surface area contributed by atoms with Crippen LogP contribution in [0.5, 0.6) is 0 Å². The molecule has 0 aromatic heterocycles. The van der Waals surface area contributed by atoms with Gasteiger partial charge in [-0.2, -0.15) is 22.7 Å². The van der Waals surface area contributed by atoms with Crippen molar-refractivity contribution >= 4 is 57.3 Å². The molecule has 0 N–H and O–H groups in total. The highest BCUT2D eigenvalue weighted by molar-refractivity contribution is 7.11. The maximum Gasteiger partial charge on any atom is 0.0816 e. The van der Waals surface area contributed by atoms with Crippen LogP contribution in [0, 0.1) is 20.8 Å². The molecular formula is C43H67BCl3N. The zero-order valence-corrected chi connectivity index (χ0v) is 34.1. The molecule has 3 aromatic rings. The molecule has 0 amide bonds. The van der Waals surface area contributed by atoms with Crippen molar-refractivity contribution in [3.63, 3.8) is 0 Å². The van der Waals surface area contributed by atoms with Gasteiger partial charge in [0.25, 0.3) is 0 Å². The van der Waals surface area contributed by atoms with Gasteiger partial charge in [-0.1, -0.05) is 175 Å². The van der Waals surface area contributed by atoms with Gasteiger partial charge in [-0.3, -0.25) is 0 Å². The average Bonchev–Trinajstić information content (AvgIpc) is 3.08. The van der Waals surface area contributed by atoms with E-state index in [4.69, 9.17) is 34.8 Å². The van der Waals surface area contributed by atoms with Crippen LogP contribution in [0.25, 0.3) is 0 Å². The largest absolute Gasteiger partial charge is 0.324 e. The van der Waals surface area contributed by atoms with Gasteiger partial charge in [-0.15, -0.1) is 0 Å². The van der Waals surface area contributed by atoms with E-state index in [-0.39, 0.29) is 0 Å². The lowest BCUT2D eigenvalue weighted by Crippen LogP contribution is -2.67. The molecule has 5 heteroatoms. The summed E-state index contributed by atoms with van der Waals surface area (Å²) in [5, 5.41) is 2.40. The lowest BCUT2D eigenvalue weighted by molar-refractivity contribution is -0.929. The summed E-state index contributed by atoms with van der Waals surface area (Å²) in [6.07, 6.45) is 15.6. The molecule has 0 fully saturated rings. The summed E-state index contributed by atoms with van der Waals surface area (Å²) in [4.78, 5) is 0. The first kappa shape index (κ1) is 42.7. The third-order valence-corrected chi connectivity index (χ3v) is 12.0. The molecule has 268 valence electrons. The predicted molar refractivity (Wildman–Crippen MR) is 222 cm³/mol. The van der Waals surface area contributed by atoms with Gasteiger partial charge in [0.1, 0.15) is 0 Å². The molecule has 0 bridgehead atoms. The van der Waals surface area contributed by atoms with Crippen LogP contribution in [-0.2, 0) is 0 Å². The molecule has 0 aliphatic rings. The molecule has 0 unspecified atom stereocenters. The van der Waals surface area contributed by atoms with Crippen LogP contribution in [0.2, 0.25) is 21.4 Å². The van der Waals surface area contributed by atoms with Crippen molar-refractivity contribution in [2.24, 2.45) is 0 Å². The minimum absolute atomic E-state index is 0.800. The molecule has 0 atom stereocenters. The zero-order chi connectivity index (χ0) is 35.6. The van der Waals surface area contributed by atoms with Crippen molar-refractivity contribution in [2.75, 3.05) is 26.2 Å². The van der Waals surface area contributed by atoms with Gasteiger partial charge >= 0.3 is 0 Å². The van der Waals surface area contributed by atoms with E-state index in [1.807, 2.05) is 20.8 Å². The van der Waals surface area contributed by atoms with Crippen LogP contribution >= 0.6 is 34.8 Å². The highest BCUT2D eigenvalue weighted by Gasteiger charge is 2.31. The molecule has 0 spiro atoms. The fourth-order valence-electron chi connectivity index (χ4n) is 7.35. The molecule has 0 aliphatic carbocycles. The summed E-state index contributed by atoms with van der Waals surface area (Å²) in [7, 11) is 0. The van der Waals surface area contributed by atoms with E-state index < -0.39 is 6.15 Å². The topological polar surface area (TPSA) is 0 Å². The van der Waals surface area contributed by atoms with Crippen molar-refractivity contribution in [1.29, 1.82) is 0 Å². The Kier molecular flexibility index (Phi) is 19.9. The van der Waals surface area contributed by atoms with E-state index in [1.54, 1.807) is 0 Å². The fraction of sp³-hybridized carbons (Fsp3) is 0.581. The quantitative estimate of drug-likeness (QED) is 0.0621. The van der Waals surface area contributed by atoms with E-state index >= 15 is 0 Å². The summed E-state index contributed by atoms with van der Waals surface area (Å²) in [6, 6.07) is 19.6. The average molecular weight is 715 g/mol. The predicted octanol–water partition coefficient (Wildman–Crippen LogP) is 12.6. The molecule has 0 heterocycles. The second-order valence-electron chi connectivity index (χ2n) is 14.6. The number of benzene rings is 3. The van der Waals surface area contributed by atoms with E-state index in [2.05, 4.69) is 89.2 Å². The van der Waals surface area contributed by atoms with Gasteiger partial charge < -0.3 is 4.48 Å². The van der Waals surface area contributed by atoms with E-state index in [0.717, 1.165) is 44.5 Å². The van der Waals surface area contributed by atoms with E-state index in [1.165, 1.54) is 118 Å². The Morgan fingerprint density at radius 3 is 1.02 bits per heavy atom. The van der Waals surface area contributed by atoms with Crippen LogP contribution < -0.4 is 16.4 Å². The lowest BCUT2D eigenvalue weighted by Gasteiger charge is -2.44. The Labute approximate surface area is 311 Å². The number of unbranched alkanes of at least 4 members (excludes halogenated alkanes) is 7. The van der Waals surface area contributed by atoms with Crippen molar-refractivity contribution in [1.82, 2.24) is 0 Å². The highest BCUT2D eigenvalue weighted by Crippen LogP contribution is 2.25. The van der Waals surface area contributed by atoms with Crippen LogP contribution in [0.3, 0.4) is 0 Å². The van der Waals surface area contributed by atoms with E-state index in [0.29, 0.717) is 0 Å². The minimum atomic E-state index is -1.28. The standard InChI is InChI=1S/C27H31BCl3.C16H36N/c1-5-6-7-8-15-28(22-12-9-19(2)25(29)16-22,23-13-10-20(3)26(30)17-23)24-14-11-21(4)27(31)18-24;1-5-9-13-17(14-10-6-2,15-11-7-3)16-12-8-4/h9-14,16-18H,5-8,15H2,1-4H3;5-16H2,1-4H3/q-1;+1. The van der Waals surface area contributed by atoms with Crippen LogP contribution in [0.4, 0.5) is 0 Å². The van der Waals surface area contributed by atoms with Gasteiger partial charge in [0.05, 0.1) is 32.3 Å². The molecule has 48 heavy (non-hydrogen) atoms. The van der Waals surface area contributed by atoms with Gasteiger partial charge in [-0.25, -0.2) is 0 Å². The Morgan fingerprint density at radius 2 is 0.750 bits per heavy atom.